The average Bonchev–Trinajstić information content (AvgIpc) is 2.40. The highest BCUT2D eigenvalue weighted by Gasteiger charge is 2.23. The molecule has 0 radical (unpaired) electrons. The molecule has 0 aromatic heterocycles. The van der Waals surface area contributed by atoms with Gasteiger partial charge in [-0.15, -0.1) is 0 Å². The summed E-state index contributed by atoms with van der Waals surface area (Å²) in [5.41, 5.74) is 0.754. The Morgan fingerprint density at radius 3 is 2.89 bits per heavy atom. The number of amides is 2. The van der Waals surface area contributed by atoms with Gasteiger partial charge in [0.15, 0.2) is 6.61 Å². The Morgan fingerprint density at radius 2 is 2.21 bits per heavy atom. The first-order chi connectivity index (χ1) is 8.99. The fraction of sp³-hybridized carbons (Fsp3) is 0.250. The predicted molar refractivity (Wildman–Crippen MR) is 65.3 cm³/mol. The Kier molecular flexibility index (Phi) is 3.37. The van der Waals surface area contributed by atoms with Crippen LogP contribution in [0.5, 0.6) is 5.75 Å². The van der Waals surface area contributed by atoms with Crippen LogP contribution in [0.15, 0.2) is 18.2 Å². The number of carbonyl (C=O) groups excluding carboxylic acids is 2. The largest absolute Gasteiger partial charge is 0.482 e. The lowest BCUT2D eigenvalue weighted by Gasteiger charge is -2.26. The number of fused-ring (bicyclic) bond motifs is 1. The third-order valence-corrected chi connectivity index (χ3v) is 2.71. The first kappa shape index (κ1) is 12.9. The molecule has 19 heavy (non-hydrogen) atoms. The van der Waals surface area contributed by atoms with Crippen LogP contribution in [0.4, 0.5) is 5.69 Å². The van der Waals surface area contributed by atoms with Crippen LogP contribution in [0.3, 0.4) is 0 Å². The van der Waals surface area contributed by atoms with Gasteiger partial charge in [0.05, 0.1) is 5.69 Å². The van der Waals surface area contributed by atoms with E-state index in [9.17, 15) is 14.4 Å². The molecule has 1 heterocycles. The number of hydrogen-bond donors (Lipinski definition) is 2. The molecule has 0 fully saturated rings. The number of anilines is 1. The van der Waals surface area contributed by atoms with Crippen molar-refractivity contribution in [2.45, 2.75) is 0 Å². The number of carbonyl (C=O) groups is 3. The van der Waals surface area contributed by atoms with Crippen LogP contribution in [0.1, 0.15) is 10.4 Å². The van der Waals surface area contributed by atoms with Gasteiger partial charge in [-0.25, -0.2) is 0 Å². The quantitative estimate of drug-likeness (QED) is 0.792. The number of hydrogen-bond acceptors (Lipinski definition) is 4. The van der Waals surface area contributed by atoms with Gasteiger partial charge in [-0.05, 0) is 18.2 Å². The Labute approximate surface area is 108 Å². The normalized spacial score (nSPS) is 13.5. The molecule has 7 heteroatoms. The van der Waals surface area contributed by atoms with E-state index >= 15 is 0 Å². The van der Waals surface area contributed by atoms with Crippen LogP contribution < -0.4 is 15.0 Å². The standard InChI is InChI=1S/C12H12N2O5/c1-14-8-4-7(12(18)13-5-11(16)17)2-3-9(8)19-6-10(14)15/h2-4H,5-6H2,1H3,(H,13,18)(H,16,17). The van der Waals surface area contributed by atoms with Crippen molar-refractivity contribution in [3.8, 4) is 5.75 Å². The maximum Gasteiger partial charge on any atom is 0.322 e. The van der Waals surface area contributed by atoms with Crippen LogP contribution in [-0.4, -0.2) is 43.1 Å². The molecule has 0 aliphatic carbocycles. The molecule has 7 nitrogen and oxygen atoms in total. The molecule has 0 bridgehead atoms. The number of nitrogens with zero attached hydrogens (tertiary/aromatic N) is 1. The molecular weight excluding hydrogens is 252 g/mol. The molecule has 0 spiro atoms. The van der Waals surface area contributed by atoms with Gasteiger partial charge in [0.1, 0.15) is 12.3 Å². The summed E-state index contributed by atoms with van der Waals surface area (Å²) >= 11 is 0. The minimum Gasteiger partial charge on any atom is -0.482 e. The molecule has 1 aromatic rings. The van der Waals surface area contributed by atoms with E-state index in [-0.39, 0.29) is 18.1 Å². The lowest BCUT2D eigenvalue weighted by Crippen LogP contribution is -2.36. The van der Waals surface area contributed by atoms with Crippen LogP contribution in [0.25, 0.3) is 0 Å². The number of benzene rings is 1. The van der Waals surface area contributed by atoms with E-state index in [2.05, 4.69) is 5.32 Å². The molecule has 0 saturated heterocycles. The number of ether oxygens (including phenoxy) is 1. The minimum atomic E-state index is -1.12. The highest BCUT2D eigenvalue weighted by atomic mass is 16.5. The molecule has 1 aliphatic rings. The van der Waals surface area contributed by atoms with Gasteiger partial charge in [-0.3, -0.25) is 14.4 Å². The highest BCUT2D eigenvalue weighted by molar-refractivity contribution is 6.01. The molecule has 2 amide bonds. The van der Waals surface area contributed by atoms with Crippen molar-refractivity contribution in [3.63, 3.8) is 0 Å². The minimum absolute atomic E-state index is 0.0337. The second kappa shape index (κ2) is 4.97. The summed E-state index contributed by atoms with van der Waals surface area (Å²) < 4.78 is 5.22. The zero-order chi connectivity index (χ0) is 14.0. The van der Waals surface area contributed by atoms with Crippen molar-refractivity contribution in [2.75, 3.05) is 25.1 Å². The number of carboxylic acids is 1. The molecule has 0 saturated carbocycles. The van der Waals surface area contributed by atoms with Crippen LogP contribution in [0, 0.1) is 0 Å². The van der Waals surface area contributed by atoms with Gasteiger partial charge in [-0.1, -0.05) is 0 Å². The van der Waals surface area contributed by atoms with Crippen molar-refractivity contribution in [1.29, 1.82) is 0 Å². The zero-order valence-electron chi connectivity index (χ0n) is 10.2. The van der Waals surface area contributed by atoms with Crippen LogP contribution >= 0.6 is 0 Å². The summed E-state index contributed by atoms with van der Waals surface area (Å²) in [6, 6.07) is 4.58. The number of aliphatic carboxylic acids is 1. The molecule has 100 valence electrons. The van der Waals surface area contributed by atoms with Crippen molar-refractivity contribution < 1.29 is 24.2 Å². The number of nitrogens with one attached hydrogen (secondary N) is 1. The SMILES string of the molecule is CN1C(=O)COc2ccc(C(=O)NCC(=O)O)cc21. The van der Waals surface area contributed by atoms with Gasteiger partial charge in [-0.2, -0.15) is 0 Å². The zero-order valence-corrected chi connectivity index (χ0v) is 10.2. The molecule has 2 rings (SSSR count). The lowest BCUT2D eigenvalue weighted by atomic mass is 10.1. The van der Waals surface area contributed by atoms with Crippen molar-refractivity contribution >= 4 is 23.5 Å². The summed E-state index contributed by atoms with van der Waals surface area (Å²) in [7, 11) is 1.59. The molecule has 0 atom stereocenters. The third-order valence-electron chi connectivity index (χ3n) is 2.71. The Bertz CT molecular complexity index is 555. The van der Waals surface area contributed by atoms with E-state index in [0.717, 1.165) is 0 Å². The fourth-order valence-electron chi connectivity index (χ4n) is 1.67. The first-order valence-electron chi connectivity index (χ1n) is 5.52. The second-order valence-electron chi connectivity index (χ2n) is 4.00. The van der Waals surface area contributed by atoms with E-state index in [0.29, 0.717) is 11.4 Å². The number of likely N-dealkylation sites (N-methyl/N-ethyl adjacent to an activating group) is 1. The van der Waals surface area contributed by atoms with E-state index in [1.807, 2.05) is 0 Å². The van der Waals surface area contributed by atoms with Gasteiger partial charge in [0, 0.05) is 12.6 Å². The second-order valence-corrected chi connectivity index (χ2v) is 4.00. The Morgan fingerprint density at radius 1 is 1.47 bits per heavy atom. The average molecular weight is 264 g/mol. The van der Waals surface area contributed by atoms with E-state index in [1.54, 1.807) is 13.1 Å². The van der Waals surface area contributed by atoms with E-state index in [1.165, 1.54) is 17.0 Å². The fourth-order valence-corrected chi connectivity index (χ4v) is 1.67. The topological polar surface area (TPSA) is 95.9 Å². The van der Waals surface area contributed by atoms with Gasteiger partial charge < -0.3 is 20.1 Å². The van der Waals surface area contributed by atoms with Crippen LogP contribution in [0.2, 0.25) is 0 Å². The molecule has 1 aromatic carbocycles. The van der Waals surface area contributed by atoms with Gasteiger partial charge in [0.2, 0.25) is 0 Å². The maximum atomic E-state index is 11.7. The van der Waals surface area contributed by atoms with E-state index < -0.39 is 18.4 Å². The first-order valence-corrected chi connectivity index (χ1v) is 5.52. The summed E-state index contributed by atoms with van der Waals surface area (Å²) in [6.07, 6.45) is 0. The van der Waals surface area contributed by atoms with Crippen molar-refractivity contribution in [3.05, 3.63) is 23.8 Å². The van der Waals surface area contributed by atoms with Crippen molar-refractivity contribution in [2.24, 2.45) is 0 Å². The maximum absolute atomic E-state index is 11.7. The summed E-state index contributed by atoms with van der Waals surface area (Å²) in [6.45, 7) is -0.491. The molecule has 0 unspecified atom stereocenters. The van der Waals surface area contributed by atoms with E-state index in [4.69, 9.17) is 9.84 Å². The molecule has 2 N–H and O–H groups in total. The summed E-state index contributed by atoms with van der Waals surface area (Å²) in [5, 5.41) is 10.7. The summed E-state index contributed by atoms with van der Waals surface area (Å²) in [4.78, 5) is 35.0. The van der Waals surface area contributed by atoms with Crippen LogP contribution in [-0.2, 0) is 9.59 Å². The predicted octanol–water partition coefficient (Wildman–Crippen LogP) is -0.144. The summed E-state index contributed by atoms with van der Waals surface area (Å²) in [5.74, 6) is -1.34. The van der Waals surface area contributed by atoms with Gasteiger partial charge >= 0.3 is 5.97 Å². The number of carboxylic acid groups (broad SMARTS) is 1. The monoisotopic (exact) mass is 264 g/mol. The van der Waals surface area contributed by atoms with Gasteiger partial charge in [0.25, 0.3) is 11.8 Å². The lowest BCUT2D eigenvalue weighted by molar-refractivity contribution is -0.135. The van der Waals surface area contributed by atoms with Crippen molar-refractivity contribution in [1.82, 2.24) is 5.32 Å². The highest BCUT2D eigenvalue weighted by Crippen LogP contribution is 2.31. The Hall–Kier alpha value is -2.57. The molecular formula is C12H12N2O5. The number of rotatable bonds is 3. The smallest absolute Gasteiger partial charge is 0.322 e. The third kappa shape index (κ3) is 2.65. The Balaban J connectivity index is 2.23. The molecule has 1 aliphatic heterocycles.